The standard InChI is InChI=1S/C16H23N3O3/c1-10-12(15(21)22)9-17-19(10)11-4-6-18(7-5-11)14(20)13-8-16(13,2)3/h9,11,13H,4-8H2,1-3H3,(H,21,22). The van der Waals surface area contributed by atoms with Crippen LogP contribution >= 0.6 is 0 Å². The number of nitrogens with zero attached hydrogens (tertiary/aromatic N) is 3. The minimum atomic E-state index is -0.938. The average Bonchev–Trinajstić information content (AvgIpc) is 2.92. The van der Waals surface area contributed by atoms with Gasteiger partial charge in [-0.05, 0) is 31.6 Å². The molecule has 0 aromatic carbocycles. The molecule has 1 atom stereocenters. The lowest BCUT2D eigenvalue weighted by atomic mass is 10.0. The van der Waals surface area contributed by atoms with Crippen LogP contribution < -0.4 is 0 Å². The van der Waals surface area contributed by atoms with Crippen molar-refractivity contribution in [1.29, 1.82) is 0 Å². The number of likely N-dealkylation sites (tertiary alicyclic amines) is 1. The number of aromatic carboxylic acids is 1. The molecule has 22 heavy (non-hydrogen) atoms. The number of carbonyl (C=O) groups is 2. The summed E-state index contributed by atoms with van der Waals surface area (Å²) in [4.78, 5) is 25.5. The molecule has 1 aliphatic heterocycles. The topological polar surface area (TPSA) is 75.4 Å². The van der Waals surface area contributed by atoms with Crippen LogP contribution in [0.3, 0.4) is 0 Å². The molecular weight excluding hydrogens is 282 g/mol. The molecule has 1 aromatic rings. The number of carboxylic acid groups (broad SMARTS) is 1. The zero-order valence-electron chi connectivity index (χ0n) is 13.4. The molecule has 0 spiro atoms. The Morgan fingerprint density at radius 1 is 1.32 bits per heavy atom. The molecular formula is C16H23N3O3. The number of aromatic nitrogens is 2. The molecule has 1 aliphatic carbocycles. The molecule has 1 unspecified atom stereocenters. The Morgan fingerprint density at radius 2 is 1.91 bits per heavy atom. The van der Waals surface area contributed by atoms with Gasteiger partial charge in [0.25, 0.3) is 0 Å². The van der Waals surface area contributed by atoms with Crippen LogP contribution in [0.15, 0.2) is 6.20 Å². The van der Waals surface area contributed by atoms with E-state index in [-0.39, 0.29) is 28.8 Å². The number of amides is 1. The summed E-state index contributed by atoms with van der Waals surface area (Å²) in [6.45, 7) is 7.54. The molecule has 1 saturated carbocycles. The Hall–Kier alpha value is -1.85. The molecule has 2 aliphatic rings. The number of carboxylic acids is 1. The van der Waals surface area contributed by atoms with Crippen molar-refractivity contribution in [2.75, 3.05) is 13.1 Å². The van der Waals surface area contributed by atoms with Crippen LogP contribution in [-0.4, -0.2) is 44.8 Å². The van der Waals surface area contributed by atoms with E-state index in [1.165, 1.54) is 6.20 Å². The normalized spacial score (nSPS) is 24.3. The maximum absolute atomic E-state index is 12.4. The van der Waals surface area contributed by atoms with E-state index in [0.29, 0.717) is 5.69 Å². The fraction of sp³-hybridized carbons (Fsp3) is 0.688. The van der Waals surface area contributed by atoms with E-state index in [0.717, 1.165) is 32.4 Å². The smallest absolute Gasteiger partial charge is 0.339 e. The molecule has 2 fully saturated rings. The lowest BCUT2D eigenvalue weighted by molar-refractivity contribution is -0.134. The Morgan fingerprint density at radius 3 is 2.36 bits per heavy atom. The van der Waals surface area contributed by atoms with Gasteiger partial charge in [-0.15, -0.1) is 0 Å². The summed E-state index contributed by atoms with van der Waals surface area (Å²) >= 11 is 0. The first-order valence-corrected chi connectivity index (χ1v) is 7.87. The summed E-state index contributed by atoms with van der Waals surface area (Å²) < 4.78 is 1.81. The summed E-state index contributed by atoms with van der Waals surface area (Å²) in [5.41, 5.74) is 1.13. The van der Waals surface area contributed by atoms with Crippen LogP contribution in [0.2, 0.25) is 0 Å². The maximum atomic E-state index is 12.4. The highest BCUT2D eigenvalue weighted by Gasteiger charge is 2.52. The minimum Gasteiger partial charge on any atom is -0.478 e. The van der Waals surface area contributed by atoms with Gasteiger partial charge in [0.15, 0.2) is 0 Å². The van der Waals surface area contributed by atoms with Gasteiger partial charge in [0.1, 0.15) is 5.56 Å². The van der Waals surface area contributed by atoms with Crippen molar-refractivity contribution in [3.8, 4) is 0 Å². The number of rotatable bonds is 3. The van der Waals surface area contributed by atoms with Crippen molar-refractivity contribution < 1.29 is 14.7 Å². The van der Waals surface area contributed by atoms with E-state index in [1.807, 2.05) is 9.58 Å². The summed E-state index contributed by atoms with van der Waals surface area (Å²) in [5, 5.41) is 13.3. The zero-order chi connectivity index (χ0) is 16.1. The van der Waals surface area contributed by atoms with Crippen molar-refractivity contribution >= 4 is 11.9 Å². The van der Waals surface area contributed by atoms with Gasteiger partial charge in [0, 0.05) is 19.0 Å². The van der Waals surface area contributed by atoms with E-state index in [1.54, 1.807) is 6.92 Å². The fourth-order valence-electron chi connectivity index (χ4n) is 3.44. The van der Waals surface area contributed by atoms with Gasteiger partial charge < -0.3 is 10.0 Å². The number of carbonyl (C=O) groups excluding carboxylic acids is 1. The Labute approximate surface area is 130 Å². The Bertz CT molecular complexity index is 612. The summed E-state index contributed by atoms with van der Waals surface area (Å²) in [6.07, 6.45) is 4.08. The van der Waals surface area contributed by atoms with Gasteiger partial charge >= 0.3 is 5.97 Å². The SMILES string of the molecule is Cc1c(C(=O)O)cnn1C1CCN(C(=O)C2CC2(C)C)CC1. The molecule has 2 heterocycles. The van der Waals surface area contributed by atoms with E-state index >= 15 is 0 Å². The molecule has 0 bridgehead atoms. The lowest BCUT2D eigenvalue weighted by Gasteiger charge is -2.33. The fourth-order valence-corrected chi connectivity index (χ4v) is 3.44. The van der Waals surface area contributed by atoms with Crippen molar-refractivity contribution in [3.05, 3.63) is 17.5 Å². The van der Waals surface area contributed by atoms with Crippen molar-refractivity contribution in [1.82, 2.24) is 14.7 Å². The van der Waals surface area contributed by atoms with Crippen molar-refractivity contribution in [2.24, 2.45) is 11.3 Å². The van der Waals surface area contributed by atoms with E-state index in [9.17, 15) is 9.59 Å². The lowest BCUT2D eigenvalue weighted by Crippen LogP contribution is -2.40. The van der Waals surface area contributed by atoms with Crippen LogP contribution in [0.5, 0.6) is 0 Å². The largest absolute Gasteiger partial charge is 0.478 e. The predicted molar refractivity (Wildman–Crippen MR) is 80.7 cm³/mol. The Balaban J connectivity index is 1.62. The highest BCUT2D eigenvalue weighted by atomic mass is 16.4. The molecule has 3 rings (SSSR count). The van der Waals surface area contributed by atoms with Crippen LogP contribution in [0.4, 0.5) is 0 Å². The van der Waals surface area contributed by atoms with E-state index < -0.39 is 5.97 Å². The third-order valence-corrected chi connectivity index (χ3v) is 5.21. The molecule has 0 radical (unpaired) electrons. The second-order valence-electron chi connectivity index (χ2n) is 7.20. The van der Waals surface area contributed by atoms with Gasteiger partial charge in [0.05, 0.1) is 17.9 Å². The first-order valence-electron chi connectivity index (χ1n) is 7.87. The number of piperidine rings is 1. The van der Waals surface area contributed by atoms with E-state index in [2.05, 4.69) is 18.9 Å². The molecule has 1 aromatic heterocycles. The van der Waals surface area contributed by atoms with Gasteiger partial charge in [-0.2, -0.15) is 5.10 Å². The monoisotopic (exact) mass is 305 g/mol. The van der Waals surface area contributed by atoms with Crippen LogP contribution in [-0.2, 0) is 4.79 Å². The summed E-state index contributed by atoms with van der Waals surface area (Å²) in [6, 6.07) is 0.185. The highest BCUT2D eigenvalue weighted by Crippen LogP contribution is 2.52. The van der Waals surface area contributed by atoms with Crippen LogP contribution in [0, 0.1) is 18.3 Å². The minimum absolute atomic E-state index is 0.170. The first kappa shape index (κ1) is 15.1. The average molecular weight is 305 g/mol. The second-order valence-corrected chi connectivity index (χ2v) is 7.20. The second kappa shape index (κ2) is 5.11. The van der Waals surface area contributed by atoms with Gasteiger partial charge in [-0.25, -0.2) is 4.79 Å². The van der Waals surface area contributed by atoms with E-state index in [4.69, 9.17) is 5.11 Å². The molecule has 1 amide bonds. The summed E-state index contributed by atoms with van der Waals surface area (Å²) in [5.74, 6) is -0.465. The van der Waals surface area contributed by atoms with Crippen LogP contribution in [0.1, 0.15) is 55.2 Å². The predicted octanol–water partition coefficient (Wildman–Crippen LogP) is 2.10. The third-order valence-electron chi connectivity index (χ3n) is 5.21. The maximum Gasteiger partial charge on any atom is 0.339 e. The zero-order valence-corrected chi connectivity index (χ0v) is 13.4. The Kier molecular flexibility index (Phi) is 3.50. The van der Waals surface area contributed by atoms with Crippen LogP contribution in [0.25, 0.3) is 0 Å². The quantitative estimate of drug-likeness (QED) is 0.928. The molecule has 1 saturated heterocycles. The van der Waals surface area contributed by atoms with Gasteiger partial charge in [0.2, 0.25) is 5.91 Å². The number of hydrogen-bond donors (Lipinski definition) is 1. The van der Waals surface area contributed by atoms with Crippen molar-refractivity contribution in [3.63, 3.8) is 0 Å². The molecule has 1 N–H and O–H groups in total. The third kappa shape index (κ3) is 2.51. The molecule has 6 heteroatoms. The molecule has 120 valence electrons. The first-order chi connectivity index (χ1) is 10.3. The summed E-state index contributed by atoms with van der Waals surface area (Å²) in [7, 11) is 0. The van der Waals surface area contributed by atoms with Crippen molar-refractivity contribution in [2.45, 2.75) is 46.1 Å². The highest BCUT2D eigenvalue weighted by molar-refractivity contribution is 5.88. The van der Waals surface area contributed by atoms with Gasteiger partial charge in [-0.1, -0.05) is 13.8 Å². The molecule has 6 nitrogen and oxygen atoms in total. The van der Waals surface area contributed by atoms with Gasteiger partial charge in [-0.3, -0.25) is 9.48 Å². The number of hydrogen-bond acceptors (Lipinski definition) is 3.